The highest BCUT2D eigenvalue weighted by molar-refractivity contribution is 6.30. The molecule has 1 aliphatic rings. The molecular formula is C12H16ClN5. The van der Waals surface area contributed by atoms with Crippen LogP contribution in [0.4, 0.5) is 5.95 Å². The van der Waals surface area contributed by atoms with Crippen LogP contribution in [0, 0.1) is 0 Å². The molecule has 1 saturated heterocycles. The zero-order valence-corrected chi connectivity index (χ0v) is 11.1. The van der Waals surface area contributed by atoms with Gasteiger partial charge in [0.25, 0.3) is 0 Å². The van der Waals surface area contributed by atoms with Crippen LogP contribution in [-0.2, 0) is 0 Å². The predicted octanol–water partition coefficient (Wildman–Crippen LogP) is 1.57. The fraction of sp³-hybridized carbons (Fsp3) is 0.500. The third-order valence-electron chi connectivity index (χ3n) is 3.28. The van der Waals surface area contributed by atoms with Gasteiger partial charge in [0.2, 0.25) is 5.95 Å². The van der Waals surface area contributed by atoms with E-state index in [1.807, 2.05) is 19.2 Å². The molecule has 2 aromatic heterocycles. The van der Waals surface area contributed by atoms with E-state index < -0.39 is 0 Å². The summed E-state index contributed by atoms with van der Waals surface area (Å²) in [4.78, 5) is 6.57. The summed E-state index contributed by atoms with van der Waals surface area (Å²) in [6, 6.07) is 4.25. The van der Waals surface area contributed by atoms with Gasteiger partial charge in [-0.05, 0) is 31.5 Å². The Morgan fingerprint density at radius 1 is 1.56 bits per heavy atom. The van der Waals surface area contributed by atoms with Crippen molar-refractivity contribution in [3.8, 4) is 0 Å². The number of aromatic nitrogens is 3. The second kappa shape index (κ2) is 4.74. The molecule has 0 radical (unpaired) electrons. The fourth-order valence-electron chi connectivity index (χ4n) is 2.33. The van der Waals surface area contributed by atoms with Crippen LogP contribution < -0.4 is 10.2 Å². The van der Waals surface area contributed by atoms with E-state index in [0.717, 1.165) is 24.7 Å². The molecule has 1 atom stereocenters. The number of hydrogen-bond donors (Lipinski definition) is 1. The number of anilines is 1. The molecule has 18 heavy (non-hydrogen) atoms. The van der Waals surface area contributed by atoms with Gasteiger partial charge in [-0.15, -0.1) is 5.10 Å². The molecule has 5 nitrogen and oxygen atoms in total. The van der Waals surface area contributed by atoms with E-state index >= 15 is 0 Å². The van der Waals surface area contributed by atoms with Crippen LogP contribution in [0.2, 0.25) is 5.02 Å². The van der Waals surface area contributed by atoms with Crippen LogP contribution in [0.15, 0.2) is 18.3 Å². The Morgan fingerprint density at radius 3 is 3.22 bits per heavy atom. The van der Waals surface area contributed by atoms with Crippen LogP contribution >= 0.6 is 11.6 Å². The maximum atomic E-state index is 5.93. The fourth-order valence-corrected chi connectivity index (χ4v) is 2.49. The first kappa shape index (κ1) is 11.7. The van der Waals surface area contributed by atoms with Gasteiger partial charge >= 0.3 is 0 Å². The summed E-state index contributed by atoms with van der Waals surface area (Å²) in [7, 11) is 2.02. The molecule has 1 fully saturated rings. The van der Waals surface area contributed by atoms with Crippen molar-refractivity contribution in [2.45, 2.75) is 18.9 Å². The summed E-state index contributed by atoms with van der Waals surface area (Å²) in [5, 5.41) is 8.58. The molecule has 3 heterocycles. The van der Waals surface area contributed by atoms with Gasteiger partial charge in [-0.1, -0.05) is 11.6 Å². The molecule has 0 amide bonds. The minimum absolute atomic E-state index is 0.546. The average Bonchev–Trinajstić information content (AvgIpc) is 2.96. The van der Waals surface area contributed by atoms with Crippen molar-refractivity contribution in [3.05, 3.63) is 23.4 Å². The molecule has 6 heteroatoms. The van der Waals surface area contributed by atoms with E-state index in [2.05, 4.69) is 20.3 Å². The Morgan fingerprint density at radius 2 is 2.44 bits per heavy atom. The molecule has 0 aliphatic carbocycles. The van der Waals surface area contributed by atoms with Gasteiger partial charge in [0, 0.05) is 25.8 Å². The SMILES string of the molecule is CN(CC1CCCN1)c1nc2ccc(Cl)cn2n1. The Hall–Kier alpha value is -1.33. The van der Waals surface area contributed by atoms with Crippen LogP contribution in [0.5, 0.6) is 0 Å². The molecule has 3 rings (SSSR count). The summed E-state index contributed by atoms with van der Waals surface area (Å²) in [5.74, 6) is 0.742. The first-order chi connectivity index (χ1) is 8.72. The van der Waals surface area contributed by atoms with Gasteiger partial charge in [-0.2, -0.15) is 4.98 Å². The number of hydrogen-bond acceptors (Lipinski definition) is 4. The van der Waals surface area contributed by atoms with Gasteiger partial charge in [-0.25, -0.2) is 4.52 Å². The largest absolute Gasteiger partial charge is 0.341 e. The number of halogens is 1. The maximum absolute atomic E-state index is 5.93. The van der Waals surface area contributed by atoms with E-state index in [1.54, 1.807) is 10.7 Å². The lowest BCUT2D eigenvalue weighted by molar-refractivity contribution is 0.594. The Balaban J connectivity index is 1.80. The first-order valence-electron chi connectivity index (χ1n) is 6.19. The Bertz CT molecular complexity index is 546. The second-order valence-corrected chi connectivity index (χ2v) is 5.17. The van der Waals surface area contributed by atoms with Crippen LogP contribution in [0.1, 0.15) is 12.8 Å². The number of rotatable bonds is 3. The molecule has 2 aromatic rings. The molecule has 1 unspecified atom stereocenters. The molecule has 0 bridgehead atoms. The Labute approximate surface area is 111 Å². The van der Waals surface area contributed by atoms with Gasteiger partial charge in [-0.3, -0.25) is 0 Å². The summed E-state index contributed by atoms with van der Waals surface area (Å²) in [5.41, 5.74) is 0.820. The van der Waals surface area contributed by atoms with Crippen LogP contribution in [-0.4, -0.2) is 40.8 Å². The average molecular weight is 266 g/mol. The number of fused-ring (bicyclic) bond motifs is 1. The lowest BCUT2D eigenvalue weighted by Gasteiger charge is -2.19. The lowest BCUT2D eigenvalue weighted by atomic mass is 10.2. The highest BCUT2D eigenvalue weighted by Gasteiger charge is 2.18. The van der Waals surface area contributed by atoms with E-state index in [1.165, 1.54) is 12.8 Å². The third kappa shape index (κ3) is 2.28. The van der Waals surface area contributed by atoms with Crippen molar-refractivity contribution in [2.24, 2.45) is 0 Å². The highest BCUT2D eigenvalue weighted by Crippen LogP contribution is 2.15. The summed E-state index contributed by atoms with van der Waals surface area (Å²) in [6.45, 7) is 2.05. The zero-order chi connectivity index (χ0) is 12.5. The van der Waals surface area contributed by atoms with Gasteiger partial charge < -0.3 is 10.2 Å². The molecular weight excluding hydrogens is 250 g/mol. The minimum atomic E-state index is 0.546. The monoisotopic (exact) mass is 265 g/mol. The maximum Gasteiger partial charge on any atom is 0.245 e. The summed E-state index contributed by atoms with van der Waals surface area (Å²) >= 11 is 5.93. The van der Waals surface area contributed by atoms with Crippen molar-refractivity contribution >= 4 is 23.2 Å². The molecule has 96 valence electrons. The van der Waals surface area contributed by atoms with Crippen molar-refractivity contribution in [1.82, 2.24) is 19.9 Å². The van der Waals surface area contributed by atoms with Crippen LogP contribution in [0.3, 0.4) is 0 Å². The normalized spacial score (nSPS) is 19.6. The number of pyridine rings is 1. The van der Waals surface area contributed by atoms with Gasteiger partial charge in [0.15, 0.2) is 5.65 Å². The van der Waals surface area contributed by atoms with Crippen molar-refractivity contribution in [3.63, 3.8) is 0 Å². The first-order valence-corrected chi connectivity index (χ1v) is 6.56. The minimum Gasteiger partial charge on any atom is -0.341 e. The number of likely N-dealkylation sites (N-methyl/N-ethyl adjacent to an activating group) is 1. The van der Waals surface area contributed by atoms with E-state index in [0.29, 0.717) is 11.1 Å². The Kier molecular flexibility index (Phi) is 3.09. The molecule has 1 aliphatic heterocycles. The molecule has 1 N–H and O–H groups in total. The van der Waals surface area contributed by atoms with Crippen molar-refractivity contribution in [2.75, 3.05) is 25.0 Å². The topological polar surface area (TPSA) is 45.5 Å². The molecule has 0 aromatic carbocycles. The van der Waals surface area contributed by atoms with Crippen molar-refractivity contribution < 1.29 is 0 Å². The highest BCUT2D eigenvalue weighted by atomic mass is 35.5. The van der Waals surface area contributed by atoms with Crippen LogP contribution in [0.25, 0.3) is 5.65 Å². The summed E-state index contributed by atoms with van der Waals surface area (Å²) in [6.07, 6.45) is 4.26. The summed E-state index contributed by atoms with van der Waals surface area (Å²) < 4.78 is 1.72. The lowest BCUT2D eigenvalue weighted by Crippen LogP contribution is -2.35. The van der Waals surface area contributed by atoms with Gasteiger partial charge in [0.05, 0.1) is 5.02 Å². The van der Waals surface area contributed by atoms with Crippen molar-refractivity contribution in [1.29, 1.82) is 0 Å². The molecule has 0 spiro atoms. The predicted molar refractivity (Wildman–Crippen MR) is 72.3 cm³/mol. The van der Waals surface area contributed by atoms with E-state index in [-0.39, 0.29) is 0 Å². The quantitative estimate of drug-likeness (QED) is 0.915. The van der Waals surface area contributed by atoms with E-state index in [4.69, 9.17) is 11.6 Å². The number of nitrogens with one attached hydrogen (secondary N) is 1. The zero-order valence-electron chi connectivity index (χ0n) is 10.3. The molecule has 0 saturated carbocycles. The standard InChI is InChI=1S/C12H16ClN5/c1-17(8-10-3-2-6-14-10)12-15-11-5-4-9(13)7-18(11)16-12/h4-5,7,10,14H,2-3,6,8H2,1H3. The van der Waals surface area contributed by atoms with Gasteiger partial charge in [0.1, 0.15) is 0 Å². The second-order valence-electron chi connectivity index (χ2n) is 4.74. The van der Waals surface area contributed by atoms with E-state index in [9.17, 15) is 0 Å². The number of nitrogens with zero attached hydrogens (tertiary/aromatic N) is 4. The third-order valence-corrected chi connectivity index (χ3v) is 3.51. The smallest absolute Gasteiger partial charge is 0.245 e.